The van der Waals surface area contributed by atoms with Gasteiger partial charge in [0.2, 0.25) is 10.5 Å². The van der Waals surface area contributed by atoms with Gasteiger partial charge in [-0.05, 0) is 35.6 Å². The molecular formula is C16H20OSi. The molecule has 2 rings (SSSR count). The van der Waals surface area contributed by atoms with Gasteiger partial charge in [0.05, 0.1) is 0 Å². The van der Waals surface area contributed by atoms with Crippen LogP contribution < -0.4 is 4.43 Å². The quantitative estimate of drug-likeness (QED) is 0.764. The van der Waals surface area contributed by atoms with Crippen LogP contribution in [0, 0.1) is 0 Å². The highest BCUT2D eigenvalue weighted by molar-refractivity contribution is 6.00. The Balaban J connectivity index is 2.63. The first-order valence-corrected chi connectivity index (χ1v) is 7.37. The van der Waals surface area contributed by atoms with E-state index in [1.54, 1.807) is 0 Å². The van der Waals surface area contributed by atoms with Gasteiger partial charge in [0.1, 0.15) is 5.75 Å². The van der Waals surface area contributed by atoms with E-state index in [-0.39, 0.29) is 0 Å². The molecule has 0 radical (unpaired) electrons. The van der Waals surface area contributed by atoms with Crippen molar-refractivity contribution in [3.63, 3.8) is 0 Å². The lowest BCUT2D eigenvalue weighted by Gasteiger charge is -2.15. The number of para-hydroxylation sites is 1. The molecule has 0 saturated carbocycles. The van der Waals surface area contributed by atoms with Gasteiger partial charge in [-0.25, -0.2) is 0 Å². The Labute approximate surface area is 112 Å². The highest BCUT2D eigenvalue weighted by Crippen LogP contribution is 2.33. The number of hydrogen-bond donors (Lipinski definition) is 0. The first kappa shape index (κ1) is 12.9. The lowest BCUT2D eigenvalue weighted by molar-refractivity contribution is 0.618. The van der Waals surface area contributed by atoms with Gasteiger partial charge in [-0.2, -0.15) is 0 Å². The van der Waals surface area contributed by atoms with E-state index in [0.29, 0.717) is 0 Å². The third-order valence-electron chi connectivity index (χ3n) is 3.40. The normalized spacial score (nSPS) is 10.6. The Kier molecular flexibility index (Phi) is 4.21. The molecule has 0 aliphatic rings. The molecule has 0 aliphatic carbocycles. The molecule has 0 heterocycles. The molecule has 0 aliphatic heterocycles. The molecule has 18 heavy (non-hydrogen) atoms. The van der Waals surface area contributed by atoms with E-state index in [0.717, 1.165) is 29.1 Å². The summed E-state index contributed by atoms with van der Waals surface area (Å²) >= 11 is 0. The van der Waals surface area contributed by atoms with Crippen molar-refractivity contribution in [2.75, 3.05) is 0 Å². The summed E-state index contributed by atoms with van der Waals surface area (Å²) in [5.74, 6) is 1.01. The Bertz CT molecular complexity index is 534. The molecular weight excluding hydrogens is 236 g/mol. The Morgan fingerprint density at radius 3 is 2.28 bits per heavy atom. The summed E-state index contributed by atoms with van der Waals surface area (Å²) in [7, 11) is 0.725. The fourth-order valence-corrected chi connectivity index (χ4v) is 2.86. The predicted octanol–water partition coefficient (Wildman–Crippen LogP) is 3.14. The number of aryl methyl sites for hydroxylation is 1. The van der Waals surface area contributed by atoms with Gasteiger partial charge in [-0.3, -0.25) is 0 Å². The Hall–Kier alpha value is -1.54. The van der Waals surface area contributed by atoms with Crippen LogP contribution in [0.1, 0.15) is 25.0 Å². The molecule has 2 heteroatoms. The average molecular weight is 256 g/mol. The molecule has 1 nitrogen and oxygen atoms in total. The molecule has 0 spiro atoms. The van der Waals surface area contributed by atoms with Gasteiger partial charge in [0, 0.05) is 5.56 Å². The third-order valence-corrected chi connectivity index (χ3v) is 3.84. The highest BCUT2D eigenvalue weighted by atomic mass is 28.2. The molecule has 0 aromatic heterocycles. The Morgan fingerprint density at radius 1 is 0.889 bits per heavy atom. The topological polar surface area (TPSA) is 9.23 Å². The van der Waals surface area contributed by atoms with Crippen LogP contribution in [0.4, 0.5) is 0 Å². The smallest absolute Gasteiger partial charge is 0.204 e. The van der Waals surface area contributed by atoms with E-state index in [1.807, 2.05) is 6.07 Å². The van der Waals surface area contributed by atoms with Gasteiger partial charge >= 0.3 is 0 Å². The average Bonchev–Trinajstić information content (AvgIpc) is 2.46. The van der Waals surface area contributed by atoms with Gasteiger partial charge in [-0.1, -0.05) is 50.2 Å². The molecule has 0 fully saturated rings. The van der Waals surface area contributed by atoms with Crippen LogP contribution in [0.2, 0.25) is 0 Å². The molecule has 0 unspecified atom stereocenters. The number of rotatable bonds is 4. The van der Waals surface area contributed by atoms with Crippen LogP contribution in [-0.4, -0.2) is 10.5 Å². The van der Waals surface area contributed by atoms with E-state index in [9.17, 15) is 0 Å². The van der Waals surface area contributed by atoms with Gasteiger partial charge in [0.25, 0.3) is 0 Å². The maximum absolute atomic E-state index is 5.61. The van der Waals surface area contributed by atoms with Crippen LogP contribution in [0.5, 0.6) is 5.75 Å². The standard InChI is InChI=1S/C16H20OSi/c1-3-12-8-7-10-14(13(12)4-2)15-9-5-6-11-16(15)17-18/h5-11H,3-4H2,1-2,18H3. The maximum Gasteiger partial charge on any atom is 0.204 e. The summed E-state index contributed by atoms with van der Waals surface area (Å²) in [6, 6.07) is 14.9. The Morgan fingerprint density at radius 2 is 1.61 bits per heavy atom. The van der Waals surface area contributed by atoms with Crippen molar-refractivity contribution in [3.05, 3.63) is 53.6 Å². The molecule has 0 saturated heterocycles. The lowest BCUT2D eigenvalue weighted by atomic mass is 9.92. The minimum atomic E-state index is 0.725. The van der Waals surface area contributed by atoms with Crippen LogP contribution >= 0.6 is 0 Å². The largest absolute Gasteiger partial charge is 0.553 e. The van der Waals surface area contributed by atoms with Gasteiger partial charge in [-0.15, -0.1) is 0 Å². The SMILES string of the molecule is CCc1cccc(-c2ccccc2O[SiH3])c1CC. The summed E-state index contributed by atoms with van der Waals surface area (Å²) < 4.78 is 5.61. The summed E-state index contributed by atoms with van der Waals surface area (Å²) in [6.07, 6.45) is 2.15. The second-order valence-corrected chi connectivity index (χ2v) is 4.76. The molecule has 2 aromatic carbocycles. The monoisotopic (exact) mass is 256 g/mol. The van der Waals surface area contributed by atoms with Crippen molar-refractivity contribution < 1.29 is 4.43 Å². The van der Waals surface area contributed by atoms with E-state index in [1.165, 1.54) is 22.3 Å². The van der Waals surface area contributed by atoms with Crippen LogP contribution in [0.3, 0.4) is 0 Å². The summed E-state index contributed by atoms with van der Waals surface area (Å²) in [5, 5.41) is 0. The van der Waals surface area contributed by atoms with Crippen molar-refractivity contribution in [1.82, 2.24) is 0 Å². The minimum absolute atomic E-state index is 0.725. The van der Waals surface area contributed by atoms with Gasteiger partial charge in [0.15, 0.2) is 0 Å². The number of benzene rings is 2. The summed E-state index contributed by atoms with van der Waals surface area (Å²) in [6.45, 7) is 4.44. The van der Waals surface area contributed by atoms with E-state index >= 15 is 0 Å². The fourth-order valence-electron chi connectivity index (χ4n) is 2.50. The van der Waals surface area contributed by atoms with Crippen molar-refractivity contribution >= 4 is 10.5 Å². The maximum atomic E-state index is 5.61. The van der Waals surface area contributed by atoms with E-state index in [4.69, 9.17) is 4.43 Å². The summed E-state index contributed by atoms with van der Waals surface area (Å²) in [5.41, 5.74) is 5.44. The third kappa shape index (κ3) is 2.34. The lowest BCUT2D eigenvalue weighted by Crippen LogP contribution is -1.96. The van der Waals surface area contributed by atoms with Crippen molar-refractivity contribution in [3.8, 4) is 16.9 Å². The van der Waals surface area contributed by atoms with Crippen LogP contribution in [0.15, 0.2) is 42.5 Å². The van der Waals surface area contributed by atoms with Crippen molar-refractivity contribution in [2.45, 2.75) is 26.7 Å². The molecule has 0 amide bonds. The highest BCUT2D eigenvalue weighted by Gasteiger charge is 2.10. The predicted molar refractivity (Wildman–Crippen MR) is 81.2 cm³/mol. The van der Waals surface area contributed by atoms with Crippen molar-refractivity contribution in [1.29, 1.82) is 0 Å². The summed E-state index contributed by atoms with van der Waals surface area (Å²) in [4.78, 5) is 0. The molecule has 2 aromatic rings. The first-order chi connectivity index (χ1) is 8.81. The molecule has 0 N–H and O–H groups in total. The second kappa shape index (κ2) is 5.87. The minimum Gasteiger partial charge on any atom is -0.553 e. The molecule has 0 bridgehead atoms. The zero-order chi connectivity index (χ0) is 13.0. The van der Waals surface area contributed by atoms with Gasteiger partial charge < -0.3 is 4.43 Å². The zero-order valence-corrected chi connectivity index (χ0v) is 13.4. The zero-order valence-electron chi connectivity index (χ0n) is 11.4. The van der Waals surface area contributed by atoms with Crippen LogP contribution in [0.25, 0.3) is 11.1 Å². The first-order valence-electron chi connectivity index (χ1n) is 6.56. The van der Waals surface area contributed by atoms with E-state index in [2.05, 4.69) is 50.2 Å². The molecule has 0 atom stereocenters. The van der Waals surface area contributed by atoms with E-state index < -0.39 is 0 Å². The second-order valence-electron chi connectivity index (χ2n) is 4.35. The van der Waals surface area contributed by atoms with Crippen molar-refractivity contribution in [2.24, 2.45) is 0 Å². The fraction of sp³-hybridized carbons (Fsp3) is 0.250. The number of hydrogen-bond acceptors (Lipinski definition) is 1. The molecule has 94 valence electrons. The van der Waals surface area contributed by atoms with Crippen LogP contribution in [-0.2, 0) is 12.8 Å².